The second kappa shape index (κ2) is 8.76. The number of amides is 1. The molecule has 0 atom stereocenters. The Morgan fingerprint density at radius 2 is 2.20 bits per heavy atom. The summed E-state index contributed by atoms with van der Waals surface area (Å²) in [4.78, 5) is 16.6. The molecular weight excluding hydrogens is 276 g/mol. The van der Waals surface area contributed by atoms with Gasteiger partial charge in [-0.2, -0.15) is 0 Å². The van der Waals surface area contributed by atoms with Gasteiger partial charge in [0.15, 0.2) is 5.13 Å². The van der Waals surface area contributed by atoms with Gasteiger partial charge in [0.1, 0.15) is 10.7 Å². The van der Waals surface area contributed by atoms with Crippen molar-refractivity contribution in [1.82, 2.24) is 10.3 Å². The Morgan fingerprint density at radius 3 is 2.85 bits per heavy atom. The Hall–Kier alpha value is -1.34. The monoisotopic (exact) mass is 300 g/mol. The van der Waals surface area contributed by atoms with Gasteiger partial charge in [-0.25, -0.2) is 4.98 Å². The molecule has 1 aromatic heterocycles. The summed E-state index contributed by atoms with van der Waals surface area (Å²) in [5.74, 6) is 0.642. The van der Waals surface area contributed by atoms with E-state index in [2.05, 4.69) is 29.5 Å². The lowest BCUT2D eigenvalue weighted by Gasteiger charge is -2.04. The van der Waals surface area contributed by atoms with Crippen molar-refractivity contribution in [2.24, 2.45) is 5.92 Å². The number of methoxy groups -OCH3 is 1. The number of ether oxygens (including phenoxy) is 1. The molecule has 4 N–H and O–H groups in total. The number of hydrogen-bond donors (Lipinski definition) is 3. The minimum atomic E-state index is -0.157. The molecule has 0 radical (unpaired) electrons. The summed E-state index contributed by atoms with van der Waals surface area (Å²) in [6, 6.07) is 0. The van der Waals surface area contributed by atoms with Crippen LogP contribution in [0.15, 0.2) is 0 Å². The fraction of sp³-hybridized carbons (Fsp3) is 0.692. The minimum absolute atomic E-state index is 0.157. The van der Waals surface area contributed by atoms with Crippen LogP contribution in [0.2, 0.25) is 0 Å². The van der Waals surface area contributed by atoms with Crippen LogP contribution in [-0.2, 0) is 4.74 Å². The summed E-state index contributed by atoms with van der Waals surface area (Å²) in [5.41, 5.74) is 5.78. The third-order valence-corrected chi connectivity index (χ3v) is 3.61. The molecule has 0 aliphatic carbocycles. The Bertz CT molecular complexity index is 421. The molecule has 1 aromatic rings. The summed E-state index contributed by atoms with van der Waals surface area (Å²) in [5, 5.41) is 6.72. The summed E-state index contributed by atoms with van der Waals surface area (Å²) in [7, 11) is 1.67. The number of aromatic nitrogens is 1. The number of nitrogens with one attached hydrogen (secondary N) is 2. The van der Waals surface area contributed by atoms with Crippen LogP contribution in [0.1, 0.15) is 36.4 Å². The fourth-order valence-corrected chi connectivity index (χ4v) is 2.32. The maximum Gasteiger partial charge on any atom is 0.265 e. The lowest BCUT2D eigenvalue weighted by Crippen LogP contribution is -2.24. The Balaban J connectivity index is 2.43. The Labute approximate surface area is 124 Å². The number of hydrogen-bond acceptors (Lipinski definition) is 6. The van der Waals surface area contributed by atoms with Gasteiger partial charge < -0.3 is 21.1 Å². The van der Waals surface area contributed by atoms with Gasteiger partial charge in [0.05, 0.1) is 0 Å². The highest BCUT2D eigenvalue weighted by atomic mass is 32.1. The number of nitrogen functional groups attached to an aromatic ring is 1. The standard InChI is InChI=1S/C13H24N4O2S/c1-9(2)8-16-13-17-11(14)10(20-13)12(18)15-6-4-5-7-19-3/h9H,4-8,14H2,1-3H3,(H,15,18)(H,16,17). The molecule has 1 amide bonds. The SMILES string of the molecule is COCCCCNC(=O)c1sc(NCC(C)C)nc1N. The zero-order valence-corrected chi connectivity index (χ0v) is 13.2. The molecule has 114 valence electrons. The molecule has 0 bridgehead atoms. The number of nitrogens with two attached hydrogens (primary N) is 1. The maximum absolute atomic E-state index is 12.0. The van der Waals surface area contributed by atoms with Crippen LogP contribution in [-0.4, -0.2) is 37.7 Å². The molecule has 0 fully saturated rings. The molecule has 7 heteroatoms. The summed E-state index contributed by atoms with van der Waals surface area (Å²) in [6.07, 6.45) is 1.81. The summed E-state index contributed by atoms with van der Waals surface area (Å²) in [6.45, 7) is 6.36. The third kappa shape index (κ3) is 5.75. The van der Waals surface area contributed by atoms with Crippen molar-refractivity contribution < 1.29 is 9.53 Å². The largest absolute Gasteiger partial charge is 0.385 e. The van der Waals surface area contributed by atoms with E-state index in [-0.39, 0.29) is 11.7 Å². The molecule has 20 heavy (non-hydrogen) atoms. The van der Waals surface area contributed by atoms with Crippen molar-refractivity contribution in [3.05, 3.63) is 4.88 Å². The first kappa shape index (κ1) is 16.7. The molecule has 0 aliphatic rings. The van der Waals surface area contributed by atoms with Crippen LogP contribution >= 0.6 is 11.3 Å². The molecule has 0 aliphatic heterocycles. The smallest absolute Gasteiger partial charge is 0.265 e. The van der Waals surface area contributed by atoms with Gasteiger partial charge in [0.2, 0.25) is 0 Å². The van der Waals surface area contributed by atoms with E-state index in [1.165, 1.54) is 11.3 Å². The van der Waals surface area contributed by atoms with E-state index >= 15 is 0 Å². The number of carbonyl (C=O) groups excluding carboxylic acids is 1. The van der Waals surface area contributed by atoms with E-state index in [1.807, 2.05) is 0 Å². The van der Waals surface area contributed by atoms with Crippen molar-refractivity contribution in [3.63, 3.8) is 0 Å². The zero-order chi connectivity index (χ0) is 15.0. The van der Waals surface area contributed by atoms with E-state index < -0.39 is 0 Å². The van der Waals surface area contributed by atoms with Crippen LogP contribution in [0.5, 0.6) is 0 Å². The highest BCUT2D eigenvalue weighted by molar-refractivity contribution is 7.18. The number of nitrogens with zero attached hydrogens (tertiary/aromatic N) is 1. The van der Waals surface area contributed by atoms with Gasteiger partial charge in [-0.05, 0) is 18.8 Å². The topological polar surface area (TPSA) is 89.3 Å². The van der Waals surface area contributed by atoms with Crippen molar-refractivity contribution >= 4 is 28.2 Å². The molecule has 1 heterocycles. The average Bonchev–Trinajstić information content (AvgIpc) is 2.77. The van der Waals surface area contributed by atoms with Crippen LogP contribution in [0.3, 0.4) is 0 Å². The van der Waals surface area contributed by atoms with Crippen molar-refractivity contribution in [3.8, 4) is 0 Å². The molecule has 0 unspecified atom stereocenters. The number of rotatable bonds is 9. The molecule has 1 rings (SSSR count). The van der Waals surface area contributed by atoms with E-state index in [0.717, 1.165) is 19.4 Å². The van der Waals surface area contributed by atoms with Gasteiger partial charge in [-0.15, -0.1) is 0 Å². The van der Waals surface area contributed by atoms with Gasteiger partial charge in [0, 0.05) is 26.8 Å². The number of anilines is 2. The number of unbranched alkanes of at least 4 members (excludes halogenated alkanes) is 1. The van der Waals surface area contributed by atoms with Crippen molar-refractivity contribution in [2.75, 3.05) is 37.9 Å². The first-order valence-electron chi connectivity index (χ1n) is 6.82. The first-order valence-corrected chi connectivity index (χ1v) is 7.63. The normalized spacial score (nSPS) is 10.8. The van der Waals surface area contributed by atoms with E-state index in [0.29, 0.717) is 29.1 Å². The fourth-order valence-electron chi connectivity index (χ4n) is 1.52. The molecule has 0 saturated carbocycles. The second-order valence-electron chi connectivity index (χ2n) is 4.96. The predicted octanol–water partition coefficient (Wildman–Crippen LogP) is 1.95. The van der Waals surface area contributed by atoms with Crippen molar-refractivity contribution in [2.45, 2.75) is 26.7 Å². The van der Waals surface area contributed by atoms with E-state index in [4.69, 9.17) is 10.5 Å². The highest BCUT2D eigenvalue weighted by Crippen LogP contribution is 2.24. The third-order valence-electron chi connectivity index (χ3n) is 2.58. The highest BCUT2D eigenvalue weighted by Gasteiger charge is 2.15. The molecule has 6 nitrogen and oxygen atoms in total. The molecule has 0 saturated heterocycles. The minimum Gasteiger partial charge on any atom is -0.385 e. The Kier molecular flexibility index (Phi) is 7.32. The van der Waals surface area contributed by atoms with Gasteiger partial charge in [0.25, 0.3) is 5.91 Å². The zero-order valence-electron chi connectivity index (χ0n) is 12.4. The Morgan fingerprint density at radius 1 is 1.45 bits per heavy atom. The van der Waals surface area contributed by atoms with Gasteiger partial charge in [-0.1, -0.05) is 25.2 Å². The molecule has 0 aromatic carbocycles. The lowest BCUT2D eigenvalue weighted by molar-refractivity contribution is 0.0956. The van der Waals surface area contributed by atoms with Gasteiger partial charge >= 0.3 is 0 Å². The van der Waals surface area contributed by atoms with Crippen molar-refractivity contribution in [1.29, 1.82) is 0 Å². The van der Waals surface area contributed by atoms with Crippen LogP contribution < -0.4 is 16.4 Å². The van der Waals surface area contributed by atoms with Crippen LogP contribution in [0, 0.1) is 5.92 Å². The average molecular weight is 300 g/mol. The predicted molar refractivity (Wildman–Crippen MR) is 83.3 cm³/mol. The molecule has 0 spiro atoms. The number of thiazole rings is 1. The summed E-state index contributed by atoms with van der Waals surface area (Å²) < 4.78 is 4.95. The van der Waals surface area contributed by atoms with Gasteiger partial charge in [-0.3, -0.25) is 4.79 Å². The quantitative estimate of drug-likeness (QED) is 0.607. The van der Waals surface area contributed by atoms with E-state index in [1.54, 1.807) is 7.11 Å². The lowest BCUT2D eigenvalue weighted by atomic mass is 10.2. The first-order chi connectivity index (χ1) is 9.54. The van der Waals surface area contributed by atoms with E-state index in [9.17, 15) is 4.79 Å². The maximum atomic E-state index is 12.0. The van der Waals surface area contributed by atoms with Crippen LogP contribution in [0.4, 0.5) is 10.9 Å². The molecular formula is C13H24N4O2S. The summed E-state index contributed by atoms with van der Waals surface area (Å²) >= 11 is 1.29. The number of carbonyl (C=O) groups is 1. The van der Waals surface area contributed by atoms with Crippen LogP contribution in [0.25, 0.3) is 0 Å². The second-order valence-corrected chi connectivity index (χ2v) is 5.96.